The van der Waals surface area contributed by atoms with Gasteiger partial charge in [-0.25, -0.2) is 0 Å². The first kappa shape index (κ1) is 17.5. The van der Waals surface area contributed by atoms with Crippen LogP contribution < -0.4 is 14.8 Å². The quantitative estimate of drug-likeness (QED) is 0.774. The van der Waals surface area contributed by atoms with E-state index < -0.39 is 0 Å². The Kier molecular flexibility index (Phi) is 6.65. The molecule has 0 fully saturated rings. The van der Waals surface area contributed by atoms with E-state index in [1.807, 2.05) is 0 Å². The van der Waals surface area contributed by atoms with Crippen LogP contribution in [0.4, 0.5) is 0 Å². The van der Waals surface area contributed by atoms with Gasteiger partial charge in [-0.3, -0.25) is 10.1 Å². The number of carbonyl (C=O) groups is 1. The van der Waals surface area contributed by atoms with Crippen LogP contribution in [0.1, 0.15) is 49.9 Å². The van der Waals surface area contributed by atoms with Crippen molar-refractivity contribution in [3.63, 3.8) is 0 Å². The van der Waals surface area contributed by atoms with Crippen molar-refractivity contribution in [2.75, 3.05) is 19.9 Å². The number of unbranched alkanes of at least 4 members (excludes halogenated alkanes) is 2. The topological polar surface area (TPSA) is 50.8 Å². The number of fused-ring (bicyclic) bond motifs is 1. The smallest absolute Gasteiger partial charge is 0.257 e. The third-order valence-electron chi connectivity index (χ3n) is 3.71. The van der Waals surface area contributed by atoms with Crippen LogP contribution in [0.3, 0.4) is 0 Å². The lowest BCUT2D eigenvalue weighted by molar-refractivity contribution is 0.0972. The zero-order valence-corrected chi connectivity index (χ0v) is 14.6. The van der Waals surface area contributed by atoms with Crippen molar-refractivity contribution in [2.24, 2.45) is 0 Å². The number of amides is 1. The van der Waals surface area contributed by atoms with Gasteiger partial charge in [0.15, 0.2) is 16.6 Å². The predicted octanol–water partition coefficient (Wildman–Crippen LogP) is 3.33. The molecule has 0 unspecified atom stereocenters. The van der Waals surface area contributed by atoms with Crippen LogP contribution in [0.15, 0.2) is 18.2 Å². The fourth-order valence-electron chi connectivity index (χ4n) is 2.30. The first-order valence-corrected chi connectivity index (χ1v) is 8.56. The highest BCUT2D eigenvalue weighted by molar-refractivity contribution is 7.80. The second-order valence-electron chi connectivity index (χ2n) is 5.52. The second-order valence-corrected chi connectivity index (χ2v) is 5.91. The lowest BCUT2D eigenvalue weighted by atomic mass is 10.2. The zero-order chi connectivity index (χ0) is 16.7. The average molecular weight is 336 g/mol. The van der Waals surface area contributed by atoms with E-state index >= 15 is 0 Å². The molecule has 1 N–H and O–H groups in total. The summed E-state index contributed by atoms with van der Waals surface area (Å²) in [5, 5.41) is 3.32. The number of thiocarbonyl (C=S) groups is 1. The van der Waals surface area contributed by atoms with Gasteiger partial charge in [0.2, 0.25) is 6.79 Å². The predicted molar refractivity (Wildman–Crippen MR) is 94.0 cm³/mol. The van der Waals surface area contributed by atoms with E-state index in [4.69, 9.17) is 21.7 Å². The number of carbonyl (C=O) groups excluding carboxylic acids is 1. The fraction of sp³-hybridized carbons (Fsp3) is 0.529. The van der Waals surface area contributed by atoms with Crippen LogP contribution in [0, 0.1) is 0 Å². The summed E-state index contributed by atoms with van der Waals surface area (Å²) in [6.45, 7) is 6.23. The first-order valence-electron chi connectivity index (χ1n) is 8.15. The molecule has 0 spiro atoms. The van der Waals surface area contributed by atoms with Gasteiger partial charge in [-0.2, -0.15) is 0 Å². The van der Waals surface area contributed by atoms with Crippen molar-refractivity contribution in [1.82, 2.24) is 10.2 Å². The second kappa shape index (κ2) is 8.72. The Balaban J connectivity index is 1.97. The maximum absolute atomic E-state index is 12.4. The Bertz CT molecular complexity index is 555. The molecule has 0 saturated carbocycles. The molecule has 1 aromatic carbocycles. The molecule has 0 aliphatic carbocycles. The molecule has 0 aromatic heterocycles. The van der Waals surface area contributed by atoms with Gasteiger partial charge in [-0.1, -0.05) is 26.7 Å². The summed E-state index contributed by atoms with van der Waals surface area (Å²) in [7, 11) is 0. The molecule has 1 aromatic rings. The Hall–Kier alpha value is -1.82. The molecular formula is C17H24N2O3S. The molecule has 6 heteroatoms. The summed E-state index contributed by atoms with van der Waals surface area (Å²) in [5.41, 5.74) is 0.516. The number of rotatable bonds is 7. The SMILES string of the molecule is CCCCN(CCCC)C(=S)NC(=O)c1ccc2c(c1)OCO2. The van der Waals surface area contributed by atoms with Gasteiger partial charge < -0.3 is 14.4 Å². The van der Waals surface area contributed by atoms with Crippen molar-refractivity contribution in [1.29, 1.82) is 0 Å². The van der Waals surface area contributed by atoms with Crippen LogP contribution >= 0.6 is 12.2 Å². The lowest BCUT2D eigenvalue weighted by Crippen LogP contribution is -2.43. The summed E-state index contributed by atoms with van der Waals surface area (Å²) in [5.74, 6) is 1.04. The minimum atomic E-state index is -0.216. The molecule has 1 heterocycles. The number of hydrogen-bond donors (Lipinski definition) is 1. The van der Waals surface area contributed by atoms with Crippen LogP contribution in [0.25, 0.3) is 0 Å². The summed E-state index contributed by atoms with van der Waals surface area (Å²) in [6.07, 6.45) is 4.32. The number of ether oxygens (including phenoxy) is 2. The Labute approximate surface area is 142 Å². The van der Waals surface area contributed by atoms with Crippen LogP contribution in [-0.2, 0) is 0 Å². The normalized spacial score (nSPS) is 12.1. The minimum Gasteiger partial charge on any atom is -0.454 e. The Morgan fingerprint density at radius 1 is 1.17 bits per heavy atom. The van der Waals surface area contributed by atoms with E-state index in [9.17, 15) is 4.79 Å². The van der Waals surface area contributed by atoms with Crippen molar-refractivity contribution in [3.8, 4) is 11.5 Å². The number of hydrogen-bond acceptors (Lipinski definition) is 4. The molecular weight excluding hydrogens is 312 g/mol. The van der Waals surface area contributed by atoms with Crippen molar-refractivity contribution >= 4 is 23.2 Å². The van der Waals surface area contributed by atoms with E-state index in [0.29, 0.717) is 22.2 Å². The van der Waals surface area contributed by atoms with E-state index in [1.165, 1.54) is 0 Å². The molecule has 1 aliphatic heterocycles. The summed E-state index contributed by atoms with van der Waals surface area (Å²) < 4.78 is 10.6. The van der Waals surface area contributed by atoms with Crippen molar-refractivity contribution in [2.45, 2.75) is 39.5 Å². The molecule has 5 nitrogen and oxygen atoms in total. The maximum Gasteiger partial charge on any atom is 0.257 e. The summed E-state index contributed by atoms with van der Waals surface area (Å²) in [4.78, 5) is 14.5. The Morgan fingerprint density at radius 2 is 1.83 bits per heavy atom. The zero-order valence-electron chi connectivity index (χ0n) is 13.8. The molecule has 0 atom stereocenters. The van der Waals surface area contributed by atoms with Gasteiger partial charge in [0.1, 0.15) is 0 Å². The summed E-state index contributed by atoms with van der Waals surface area (Å²) in [6, 6.07) is 5.14. The summed E-state index contributed by atoms with van der Waals surface area (Å²) >= 11 is 5.42. The van der Waals surface area contributed by atoms with E-state index in [-0.39, 0.29) is 12.7 Å². The standard InChI is InChI=1S/C17H24N2O3S/c1-3-5-9-19(10-6-4-2)17(23)18-16(20)13-7-8-14-15(11-13)22-12-21-14/h7-8,11H,3-6,9-10,12H2,1-2H3,(H,18,20,23). The third kappa shape index (κ3) is 4.82. The van der Waals surface area contributed by atoms with E-state index in [1.54, 1.807) is 18.2 Å². The molecule has 23 heavy (non-hydrogen) atoms. The fourth-order valence-corrected chi connectivity index (χ4v) is 2.57. The number of nitrogens with one attached hydrogen (secondary N) is 1. The highest BCUT2D eigenvalue weighted by Gasteiger charge is 2.18. The molecule has 2 rings (SSSR count). The Morgan fingerprint density at radius 3 is 2.48 bits per heavy atom. The number of benzene rings is 1. The highest BCUT2D eigenvalue weighted by Crippen LogP contribution is 2.32. The molecule has 0 radical (unpaired) electrons. The highest BCUT2D eigenvalue weighted by atomic mass is 32.1. The van der Waals surface area contributed by atoms with Gasteiger partial charge in [-0.05, 0) is 43.3 Å². The van der Waals surface area contributed by atoms with Gasteiger partial charge in [0.25, 0.3) is 5.91 Å². The van der Waals surface area contributed by atoms with Gasteiger partial charge in [0.05, 0.1) is 0 Å². The van der Waals surface area contributed by atoms with Crippen LogP contribution in [-0.4, -0.2) is 35.8 Å². The van der Waals surface area contributed by atoms with Gasteiger partial charge in [0, 0.05) is 18.7 Å². The minimum absolute atomic E-state index is 0.195. The van der Waals surface area contributed by atoms with Crippen LogP contribution in [0.2, 0.25) is 0 Å². The largest absolute Gasteiger partial charge is 0.454 e. The van der Waals surface area contributed by atoms with Crippen LogP contribution in [0.5, 0.6) is 11.5 Å². The van der Waals surface area contributed by atoms with E-state index in [0.717, 1.165) is 38.8 Å². The van der Waals surface area contributed by atoms with Crippen molar-refractivity contribution in [3.05, 3.63) is 23.8 Å². The maximum atomic E-state index is 12.4. The van der Waals surface area contributed by atoms with E-state index in [2.05, 4.69) is 24.1 Å². The molecule has 0 bridgehead atoms. The molecule has 0 saturated heterocycles. The lowest BCUT2D eigenvalue weighted by Gasteiger charge is -2.25. The molecule has 1 aliphatic rings. The number of nitrogens with zero attached hydrogens (tertiary/aromatic N) is 1. The monoisotopic (exact) mass is 336 g/mol. The third-order valence-corrected chi connectivity index (χ3v) is 4.07. The molecule has 126 valence electrons. The first-order chi connectivity index (χ1) is 11.2. The average Bonchev–Trinajstić information content (AvgIpc) is 3.02. The van der Waals surface area contributed by atoms with Gasteiger partial charge >= 0.3 is 0 Å². The molecule has 1 amide bonds. The van der Waals surface area contributed by atoms with Crippen molar-refractivity contribution < 1.29 is 14.3 Å². The van der Waals surface area contributed by atoms with Gasteiger partial charge in [-0.15, -0.1) is 0 Å².